The fourth-order valence-corrected chi connectivity index (χ4v) is 4.35. The van der Waals surface area contributed by atoms with Crippen molar-refractivity contribution < 1.29 is 0 Å². The van der Waals surface area contributed by atoms with Crippen molar-refractivity contribution in [1.29, 1.82) is 0 Å². The summed E-state index contributed by atoms with van der Waals surface area (Å²) >= 11 is 5.96. The normalized spacial score (nSPS) is 31.6. The quantitative estimate of drug-likeness (QED) is 0.791. The maximum Gasteiger partial charge on any atom is 0.0406 e. The molecule has 1 N–H and O–H groups in total. The third-order valence-electron chi connectivity index (χ3n) is 5.40. The first-order valence-corrected chi connectivity index (χ1v) is 8.61. The average Bonchev–Trinajstić information content (AvgIpc) is 2.48. The Bertz CT molecular complexity index is 428. The van der Waals surface area contributed by atoms with E-state index in [-0.39, 0.29) is 0 Å². The molecule has 0 aromatic heterocycles. The van der Waals surface area contributed by atoms with E-state index in [1.54, 1.807) is 0 Å². The number of nitrogens with one attached hydrogen (secondary N) is 1. The van der Waals surface area contributed by atoms with Crippen LogP contribution in [0.2, 0.25) is 5.02 Å². The number of benzene rings is 1. The molecule has 0 heterocycles. The van der Waals surface area contributed by atoms with Crippen molar-refractivity contribution in [2.45, 2.75) is 64.0 Å². The Hall–Kier alpha value is -0.530. The van der Waals surface area contributed by atoms with E-state index in [1.165, 1.54) is 50.5 Å². The van der Waals surface area contributed by atoms with Gasteiger partial charge in [-0.3, -0.25) is 0 Å². The summed E-state index contributed by atoms with van der Waals surface area (Å²) in [6.45, 7) is 2.27. The van der Waals surface area contributed by atoms with Crippen LogP contribution in [-0.2, 0) is 0 Å². The Morgan fingerprint density at radius 2 is 1.70 bits per heavy atom. The third kappa shape index (κ3) is 3.38. The van der Waals surface area contributed by atoms with Crippen LogP contribution in [0.1, 0.15) is 63.5 Å². The Morgan fingerprint density at radius 1 is 1.00 bits per heavy atom. The topological polar surface area (TPSA) is 12.0 Å². The van der Waals surface area contributed by atoms with Crippen molar-refractivity contribution in [3.63, 3.8) is 0 Å². The predicted molar refractivity (Wildman–Crippen MR) is 86.1 cm³/mol. The standard InChI is InChI=1S/C18H26ClN/c1-13(14-6-9-17(19)10-7-14)20-18-11-8-15-4-2-3-5-16(15)12-18/h6-7,9-10,13,15-16,18,20H,2-5,8,11-12H2,1H3/t13-,15?,16?,18?/m1/s1. The second-order valence-corrected chi connectivity index (χ2v) is 7.19. The summed E-state index contributed by atoms with van der Waals surface area (Å²) in [7, 11) is 0. The van der Waals surface area contributed by atoms with Gasteiger partial charge in [0.05, 0.1) is 0 Å². The first kappa shape index (κ1) is 14.4. The molecule has 0 saturated heterocycles. The molecule has 1 nitrogen and oxygen atoms in total. The zero-order valence-electron chi connectivity index (χ0n) is 12.4. The summed E-state index contributed by atoms with van der Waals surface area (Å²) in [5.74, 6) is 2.03. The Balaban J connectivity index is 1.56. The molecule has 2 heteroatoms. The van der Waals surface area contributed by atoms with Gasteiger partial charge in [-0.15, -0.1) is 0 Å². The maximum absolute atomic E-state index is 5.96. The van der Waals surface area contributed by atoms with Crippen LogP contribution in [0.25, 0.3) is 0 Å². The predicted octanol–water partition coefficient (Wildman–Crippen LogP) is 5.35. The van der Waals surface area contributed by atoms with Gasteiger partial charge >= 0.3 is 0 Å². The highest BCUT2D eigenvalue weighted by Gasteiger charge is 2.32. The fraction of sp³-hybridized carbons (Fsp3) is 0.667. The molecule has 0 aliphatic heterocycles. The van der Waals surface area contributed by atoms with Gasteiger partial charge in [-0.25, -0.2) is 0 Å². The third-order valence-corrected chi connectivity index (χ3v) is 5.65. The molecule has 0 spiro atoms. The number of halogens is 1. The van der Waals surface area contributed by atoms with Crippen LogP contribution in [0, 0.1) is 11.8 Å². The Kier molecular flexibility index (Phi) is 4.68. The van der Waals surface area contributed by atoms with Gasteiger partial charge in [0.15, 0.2) is 0 Å². The summed E-state index contributed by atoms with van der Waals surface area (Å²) in [5, 5.41) is 4.67. The Morgan fingerprint density at radius 3 is 2.45 bits per heavy atom. The molecule has 1 aromatic rings. The monoisotopic (exact) mass is 291 g/mol. The lowest BCUT2D eigenvalue weighted by Gasteiger charge is -2.40. The second kappa shape index (κ2) is 6.49. The van der Waals surface area contributed by atoms with E-state index in [9.17, 15) is 0 Å². The van der Waals surface area contributed by atoms with E-state index in [0.717, 1.165) is 16.9 Å². The van der Waals surface area contributed by atoms with E-state index in [0.29, 0.717) is 12.1 Å². The molecule has 0 bridgehead atoms. The summed E-state index contributed by atoms with van der Waals surface area (Å²) in [6.07, 6.45) is 10.1. The summed E-state index contributed by atoms with van der Waals surface area (Å²) in [5.41, 5.74) is 1.35. The van der Waals surface area contributed by atoms with Crippen molar-refractivity contribution in [2.24, 2.45) is 11.8 Å². The maximum atomic E-state index is 5.96. The molecule has 2 aliphatic carbocycles. The van der Waals surface area contributed by atoms with Crippen LogP contribution in [0.4, 0.5) is 0 Å². The van der Waals surface area contributed by atoms with Gasteiger partial charge in [0.2, 0.25) is 0 Å². The molecule has 110 valence electrons. The van der Waals surface area contributed by atoms with Crippen molar-refractivity contribution in [3.05, 3.63) is 34.9 Å². The first-order valence-electron chi connectivity index (χ1n) is 8.24. The highest BCUT2D eigenvalue weighted by atomic mass is 35.5. The van der Waals surface area contributed by atoms with E-state index in [2.05, 4.69) is 24.4 Å². The second-order valence-electron chi connectivity index (χ2n) is 6.75. The zero-order valence-corrected chi connectivity index (χ0v) is 13.2. The molecule has 0 amide bonds. The molecular formula is C18H26ClN. The molecule has 1 aromatic carbocycles. The van der Waals surface area contributed by atoms with Crippen LogP contribution >= 0.6 is 11.6 Å². The van der Waals surface area contributed by atoms with Gasteiger partial charge in [0.1, 0.15) is 0 Å². The SMILES string of the molecule is C[C@@H](NC1CCC2CCCCC2C1)c1ccc(Cl)cc1. The van der Waals surface area contributed by atoms with Crippen molar-refractivity contribution in [2.75, 3.05) is 0 Å². The van der Waals surface area contributed by atoms with Gasteiger partial charge < -0.3 is 5.32 Å². The molecule has 20 heavy (non-hydrogen) atoms. The van der Waals surface area contributed by atoms with Crippen LogP contribution in [0.5, 0.6) is 0 Å². The van der Waals surface area contributed by atoms with Crippen molar-refractivity contribution >= 4 is 11.6 Å². The van der Waals surface area contributed by atoms with Crippen LogP contribution in [0.15, 0.2) is 24.3 Å². The fourth-order valence-electron chi connectivity index (χ4n) is 4.23. The van der Waals surface area contributed by atoms with E-state index in [4.69, 9.17) is 11.6 Å². The van der Waals surface area contributed by atoms with Gasteiger partial charge in [-0.05, 0) is 55.7 Å². The number of rotatable bonds is 3. The molecule has 2 saturated carbocycles. The first-order chi connectivity index (χ1) is 9.72. The lowest BCUT2D eigenvalue weighted by Crippen LogP contribution is -2.39. The Labute approximate surface area is 128 Å². The minimum atomic E-state index is 0.428. The smallest absolute Gasteiger partial charge is 0.0406 e. The molecule has 2 aliphatic rings. The molecule has 0 radical (unpaired) electrons. The minimum Gasteiger partial charge on any atom is -0.307 e. The van der Waals surface area contributed by atoms with Crippen molar-refractivity contribution in [1.82, 2.24) is 5.32 Å². The van der Waals surface area contributed by atoms with Crippen LogP contribution < -0.4 is 5.32 Å². The zero-order chi connectivity index (χ0) is 13.9. The minimum absolute atomic E-state index is 0.428. The van der Waals surface area contributed by atoms with Crippen LogP contribution in [-0.4, -0.2) is 6.04 Å². The van der Waals surface area contributed by atoms with Gasteiger partial charge in [0, 0.05) is 17.1 Å². The van der Waals surface area contributed by atoms with Crippen LogP contribution in [0.3, 0.4) is 0 Å². The van der Waals surface area contributed by atoms with E-state index in [1.807, 2.05) is 12.1 Å². The molecule has 4 atom stereocenters. The molecule has 3 rings (SSSR count). The van der Waals surface area contributed by atoms with Crippen molar-refractivity contribution in [3.8, 4) is 0 Å². The lowest BCUT2D eigenvalue weighted by atomic mass is 9.69. The number of hydrogen-bond donors (Lipinski definition) is 1. The van der Waals surface area contributed by atoms with E-state index >= 15 is 0 Å². The highest BCUT2D eigenvalue weighted by Crippen LogP contribution is 2.40. The lowest BCUT2D eigenvalue weighted by molar-refractivity contribution is 0.139. The largest absolute Gasteiger partial charge is 0.307 e. The molecular weight excluding hydrogens is 266 g/mol. The summed E-state index contributed by atoms with van der Waals surface area (Å²) in [6, 6.07) is 9.41. The highest BCUT2D eigenvalue weighted by molar-refractivity contribution is 6.30. The molecule has 2 fully saturated rings. The van der Waals surface area contributed by atoms with Gasteiger partial charge in [-0.2, -0.15) is 0 Å². The summed E-state index contributed by atoms with van der Waals surface area (Å²) in [4.78, 5) is 0. The van der Waals surface area contributed by atoms with Gasteiger partial charge in [-0.1, -0.05) is 49.4 Å². The van der Waals surface area contributed by atoms with E-state index < -0.39 is 0 Å². The summed E-state index contributed by atoms with van der Waals surface area (Å²) < 4.78 is 0. The number of hydrogen-bond acceptors (Lipinski definition) is 1. The average molecular weight is 292 g/mol. The van der Waals surface area contributed by atoms with Gasteiger partial charge in [0.25, 0.3) is 0 Å². The molecule has 3 unspecified atom stereocenters. The number of fused-ring (bicyclic) bond motifs is 1.